The van der Waals surface area contributed by atoms with E-state index in [9.17, 15) is 4.79 Å². The van der Waals surface area contributed by atoms with Crippen molar-refractivity contribution in [1.29, 1.82) is 0 Å². The van der Waals surface area contributed by atoms with E-state index in [4.69, 9.17) is 5.11 Å². The third-order valence-electron chi connectivity index (χ3n) is 2.52. The van der Waals surface area contributed by atoms with Gasteiger partial charge in [0.15, 0.2) is 0 Å². The Morgan fingerprint density at radius 3 is 2.64 bits per heavy atom. The third kappa shape index (κ3) is 4.09. The van der Waals surface area contributed by atoms with Gasteiger partial charge in [0, 0.05) is 26.1 Å². The quantitative estimate of drug-likeness (QED) is 0.754. The third-order valence-corrected chi connectivity index (χ3v) is 2.52. The molecule has 0 saturated carbocycles. The Kier molecular flexibility index (Phi) is 7.48. The number of likely N-dealkylation sites (tertiary alicyclic amines) is 1. The summed E-state index contributed by atoms with van der Waals surface area (Å²) in [6.45, 7) is 7.90. The summed E-state index contributed by atoms with van der Waals surface area (Å²) in [6.07, 6.45) is 2.46. The van der Waals surface area contributed by atoms with Crippen LogP contribution in [0.15, 0.2) is 0 Å². The van der Waals surface area contributed by atoms with E-state index < -0.39 is 0 Å². The van der Waals surface area contributed by atoms with Crippen LogP contribution in [-0.4, -0.2) is 35.6 Å². The molecule has 1 heterocycles. The predicted molar refractivity (Wildman–Crippen MR) is 58.0 cm³/mol. The van der Waals surface area contributed by atoms with Crippen molar-refractivity contribution in [2.45, 2.75) is 40.0 Å². The lowest BCUT2D eigenvalue weighted by Gasteiger charge is -2.31. The van der Waals surface area contributed by atoms with Crippen LogP contribution in [0.4, 0.5) is 0 Å². The molecule has 0 unspecified atom stereocenters. The highest BCUT2D eigenvalue weighted by molar-refractivity contribution is 5.76. The van der Waals surface area contributed by atoms with E-state index in [1.807, 2.05) is 25.7 Å². The number of piperidine rings is 1. The second-order valence-corrected chi connectivity index (χ2v) is 3.35. The van der Waals surface area contributed by atoms with Gasteiger partial charge < -0.3 is 10.0 Å². The Labute approximate surface area is 87.1 Å². The summed E-state index contributed by atoms with van der Waals surface area (Å²) >= 11 is 0. The van der Waals surface area contributed by atoms with Crippen molar-refractivity contribution in [2.24, 2.45) is 5.92 Å². The molecule has 1 fully saturated rings. The lowest BCUT2D eigenvalue weighted by Crippen LogP contribution is -2.39. The van der Waals surface area contributed by atoms with E-state index in [0.717, 1.165) is 25.9 Å². The largest absolute Gasteiger partial charge is 0.396 e. The summed E-state index contributed by atoms with van der Waals surface area (Å²) in [6, 6.07) is 0. The van der Waals surface area contributed by atoms with Crippen LogP contribution in [0.3, 0.4) is 0 Å². The van der Waals surface area contributed by atoms with E-state index in [0.29, 0.717) is 12.3 Å². The Morgan fingerprint density at radius 2 is 2.14 bits per heavy atom. The lowest BCUT2D eigenvalue weighted by molar-refractivity contribution is -0.134. The maximum absolute atomic E-state index is 11.2. The zero-order valence-corrected chi connectivity index (χ0v) is 9.62. The number of carbonyl (C=O) groups is 1. The molecule has 0 bridgehead atoms. The molecule has 0 aromatic heterocycles. The van der Waals surface area contributed by atoms with Crippen LogP contribution in [0, 0.1) is 5.92 Å². The molecule has 1 N–H and O–H groups in total. The second kappa shape index (κ2) is 7.80. The van der Waals surface area contributed by atoms with Crippen LogP contribution in [-0.2, 0) is 4.79 Å². The molecule has 1 aliphatic rings. The first kappa shape index (κ1) is 13.4. The van der Waals surface area contributed by atoms with Crippen LogP contribution in [0.25, 0.3) is 0 Å². The highest BCUT2D eigenvalue weighted by Gasteiger charge is 2.23. The first-order chi connectivity index (χ1) is 6.77. The molecule has 3 heteroatoms. The van der Waals surface area contributed by atoms with Crippen molar-refractivity contribution >= 4 is 5.91 Å². The zero-order chi connectivity index (χ0) is 11.0. The van der Waals surface area contributed by atoms with Gasteiger partial charge in [-0.15, -0.1) is 0 Å². The molecule has 1 saturated heterocycles. The summed E-state index contributed by atoms with van der Waals surface area (Å²) in [4.78, 5) is 13.1. The molecule has 0 aliphatic carbocycles. The minimum Gasteiger partial charge on any atom is -0.396 e. The summed E-state index contributed by atoms with van der Waals surface area (Å²) < 4.78 is 0. The first-order valence-corrected chi connectivity index (χ1v) is 5.66. The average molecular weight is 201 g/mol. The fourth-order valence-corrected chi connectivity index (χ4v) is 1.71. The number of hydrogen-bond donors (Lipinski definition) is 1. The number of amides is 1. The van der Waals surface area contributed by atoms with E-state index in [1.165, 1.54) is 0 Å². The van der Waals surface area contributed by atoms with Crippen molar-refractivity contribution in [3.8, 4) is 0 Å². The van der Waals surface area contributed by atoms with E-state index in [1.54, 1.807) is 0 Å². The lowest BCUT2D eigenvalue weighted by atomic mass is 9.95. The number of carbonyl (C=O) groups excluding carboxylic acids is 1. The molecular formula is C11H23NO2. The molecule has 0 aromatic carbocycles. The van der Waals surface area contributed by atoms with Gasteiger partial charge in [-0.2, -0.15) is 0 Å². The first-order valence-electron chi connectivity index (χ1n) is 5.66. The molecule has 1 rings (SSSR count). The molecule has 0 aromatic rings. The highest BCUT2D eigenvalue weighted by atomic mass is 16.3. The normalized spacial score (nSPS) is 21.6. The Morgan fingerprint density at radius 1 is 1.50 bits per heavy atom. The van der Waals surface area contributed by atoms with Gasteiger partial charge in [0.2, 0.25) is 5.91 Å². The summed E-state index contributed by atoms with van der Waals surface area (Å²) in [5, 5.41) is 8.74. The molecule has 84 valence electrons. The Balaban J connectivity index is 0.000000791. The van der Waals surface area contributed by atoms with Crippen LogP contribution < -0.4 is 0 Å². The van der Waals surface area contributed by atoms with Crippen molar-refractivity contribution in [1.82, 2.24) is 4.90 Å². The molecule has 0 radical (unpaired) electrons. The second-order valence-electron chi connectivity index (χ2n) is 3.35. The van der Waals surface area contributed by atoms with E-state index >= 15 is 0 Å². The van der Waals surface area contributed by atoms with Crippen molar-refractivity contribution in [2.75, 3.05) is 19.7 Å². The number of aliphatic hydroxyl groups is 1. The minimum absolute atomic E-state index is 0.246. The molecule has 1 amide bonds. The monoisotopic (exact) mass is 201 g/mol. The van der Waals surface area contributed by atoms with Crippen LogP contribution >= 0.6 is 0 Å². The Hall–Kier alpha value is -0.570. The van der Waals surface area contributed by atoms with Crippen LogP contribution in [0.1, 0.15) is 40.0 Å². The highest BCUT2D eigenvalue weighted by Crippen LogP contribution is 2.19. The van der Waals surface area contributed by atoms with Crippen molar-refractivity contribution < 1.29 is 9.90 Å². The maximum Gasteiger partial charge on any atom is 0.222 e. The molecule has 14 heavy (non-hydrogen) atoms. The zero-order valence-electron chi connectivity index (χ0n) is 9.62. The van der Waals surface area contributed by atoms with E-state index in [2.05, 4.69) is 0 Å². The van der Waals surface area contributed by atoms with Gasteiger partial charge >= 0.3 is 0 Å². The number of nitrogens with zero attached hydrogens (tertiary/aromatic N) is 1. The van der Waals surface area contributed by atoms with E-state index in [-0.39, 0.29) is 12.5 Å². The fraction of sp³-hybridized carbons (Fsp3) is 0.909. The topological polar surface area (TPSA) is 40.5 Å². The molecule has 1 aliphatic heterocycles. The molecule has 1 atom stereocenters. The number of hydrogen-bond acceptors (Lipinski definition) is 2. The maximum atomic E-state index is 11.2. The predicted octanol–water partition coefficient (Wildman–Crippen LogP) is 1.65. The van der Waals surface area contributed by atoms with Crippen molar-refractivity contribution in [3.05, 3.63) is 0 Å². The Bertz CT molecular complexity index is 159. The van der Waals surface area contributed by atoms with Gasteiger partial charge in [-0.1, -0.05) is 13.8 Å². The van der Waals surface area contributed by atoms with Gasteiger partial charge in [-0.3, -0.25) is 4.79 Å². The fourth-order valence-electron chi connectivity index (χ4n) is 1.71. The van der Waals surface area contributed by atoms with Gasteiger partial charge in [0.25, 0.3) is 0 Å². The minimum atomic E-state index is 0.246. The summed E-state index contributed by atoms with van der Waals surface area (Å²) in [5.41, 5.74) is 0. The van der Waals surface area contributed by atoms with Gasteiger partial charge in [-0.05, 0) is 25.7 Å². The molecule has 3 nitrogen and oxygen atoms in total. The van der Waals surface area contributed by atoms with Crippen LogP contribution in [0.2, 0.25) is 0 Å². The molecular weight excluding hydrogens is 178 g/mol. The summed E-state index contributed by atoms with van der Waals surface area (Å²) in [7, 11) is 0. The number of aliphatic hydroxyl groups excluding tert-OH is 1. The smallest absolute Gasteiger partial charge is 0.222 e. The van der Waals surface area contributed by atoms with Crippen molar-refractivity contribution in [3.63, 3.8) is 0 Å². The van der Waals surface area contributed by atoms with Gasteiger partial charge in [0.1, 0.15) is 0 Å². The SMILES string of the molecule is CC.CCN1C[C@H](CCO)CCC1=O. The van der Waals surface area contributed by atoms with Gasteiger partial charge in [-0.25, -0.2) is 0 Å². The average Bonchev–Trinajstić information content (AvgIpc) is 2.24. The standard InChI is InChI=1S/C9H17NO2.C2H6/c1-2-10-7-8(5-6-11)3-4-9(10)12;1-2/h8,11H,2-7H2,1H3;1-2H3/t8-;/m0./s1. The summed E-state index contributed by atoms with van der Waals surface area (Å²) in [5.74, 6) is 0.791. The number of rotatable bonds is 3. The van der Waals surface area contributed by atoms with Gasteiger partial charge in [0.05, 0.1) is 0 Å². The van der Waals surface area contributed by atoms with Crippen LogP contribution in [0.5, 0.6) is 0 Å². The molecule has 0 spiro atoms.